The van der Waals surface area contributed by atoms with Crippen LogP contribution in [0.4, 0.5) is 0 Å². The highest BCUT2D eigenvalue weighted by Gasteiger charge is 2.19. The lowest BCUT2D eigenvalue weighted by Crippen LogP contribution is -2.34. The number of benzene rings is 2. The smallest absolute Gasteiger partial charge is 0.0236 e. The molecule has 3 rings (SSSR count). The summed E-state index contributed by atoms with van der Waals surface area (Å²) in [7, 11) is 0. The van der Waals surface area contributed by atoms with E-state index in [9.17, 15) is 0 Å². The van der Waals surface area contributed by atoms with E-state index in [-0.39, 0.29) is 0 Å². The zero-order valence-electron chi connectivity index (χ0n) is 11.6. The largest absolute Gasteiger partial charge is 0.298 e. The highest BCUT2D eigenvalue weighted by atomic mass is 79.9. The Bertz CT molecular complexity index is 552. The fourth-order valence-corrected chi connectivity index (χ4v) is 3.57. The van der Waals surface area contributed by atoms with Crippen LogP contribution < -0.4 is 0 Å². The Labute approximate surface area is 129 Å². The summed E-state index contributed by atoms with van der Waals surface area (Å²) in [5, 5.41) is 1.02. The zero-order valence-corrected chi connectivity index (χ0v) is 13.2. The number of halogens is 1. The molecule has 0 spiro atoms. The van der Waals surface area contributed by atoms with Gasteiger partial charge in [-0.1, -0.05) is 70.5 Å². The van der Waals surface area contributed by atoms with Crippen molar-refractivity contribution in [1.82, 2.24) is 4.90 Å². The normalized spacial score (nSPS) is 16.6. The highest BCUT2D eigenvalue weighted by molar-refractivity contribution is 9.09. The second-order valence-corrected chi connectivity index (χ2v) is 6.16. The van der Waals surface area contributed by atoms with Gasteiger partial charge in [0, 0.05) is 30.9 Å². The van der Waals surface area contributed by atoms with Gasteiger partial charge in [-0.2, -0.15) is 0 Å². The van der Waals surface area contributed by atoms with Crippen molar-refractivity contribution < 1.29 is 0 Å². The standard InChI is InChI=1S/C18H20BrN/c19-12-18(15-6-2-1-3-7-15)14-20-11-10-16-8-4-5-9-17(16)13-20/h1-9,18H,10-14H2. The van der Waals surface area contributed by atoms with Crippen LogP contribution in [0.3, 0.4) is 0 Å². The molecule has 1 unspecified atom stereocenters. The summed E-state index contributed by atoms with van der Waals surface area (Å²) >= 11 is 3.68. The number of nitrogens with zero attached hydrogens (tertiary/aromatic N) is 1. The molecule has 0 bridgehead atoms. The van der Waals surface area contributed by atoms with Crippen LogP contribution >= 0.6 is 15.9 Å². The van der Waals surface area contributed by atoms with Crippen molar-refractivity contribution in [1.29, 1.82) is 0 Å². The van der Waals surface area contributed by atoms with Crippen LogP contribution in [0.5, 0.6) is 0 Å². The first-order chi connectivity index (χ1) is 9.86. The van der Waals surface area contributed by atoms with Crippen LogP contribution in [0, 0.1) is 0 Å². The van der Waals surface area contributed by atoms with E-state index in [1.165, 1.54) is 29.7 Å². The third-order valence-corrected chi connectivity index (χ3v) is 4.93. The zero-order chi connectivity index (χ0) is 13.8. The Morgan fingerprint density at radius 3 is 2.40 bits per heavy atom. The summed E-state index contributed by atoms with van der Waals surface area (Å²) in [6, 6.07) is 19.7. The number of hydrogen-bond donors (Lipinski definition) is 0. The van der Waals surface area contributed by atoms with E-state index in [0.29, 0.717) is 5.92 Å². The fraction of sp³-hybridized carbons (Fsp3) is 0.333. The molecule has 0 saturated carbocycles. The summed E-state index contributed by atoms with van der Waals surface area (Å²) in [5.41, 5.74) is 4.46. The Hall–Kier alpha value is -1.12. The van der Waals surface area contributed by atoms with Crippen LogP contribution in [0.15, 0.2) is 54.6 Å². The van der Waals surface area contributed by atoms with E-state index in [1.54, 1.807) is 0 Å². The van der Waals surface area contributed by atoms with Gasteiger partial charge in [-0.05, 0) is 23.1 Å². The molecule has 0 amide bonds. The van der Waals surface area contributed by atoms with Crippen molar-refractivity contribution in [3.05, 3.63) is 71.3 Å². The molecule has 2 aromatic carbocycles. The van der Waals surface area contributed by atoms with E-state index >= 15 is 0 Å². The maximum atomic E-state index is 3.68. The summed E-state index contributed by atoms with van der Waals surface area (Å²) in [6.45, 7) is 3.39. The van der Waals surface area contributed by atoms with Gasteiger partial charge in [0.25, 0.3) is 0 Å². The highest BCUT2D eigenvalue weighted by Crippen LogP contribution is 2.24. The quantitative estimate of drug-likeness (QED) is 0.759. The lowest BCUT2D eigenvalue weighted by molar-refractivity contribution is 0.243. The first-order valence-electron chi connectivity index (χ1n) is 7.27. The first-order valence-corrected chi connectivity index (χ1v) is 8.39. The molecule has 2 aromatic rings. The third-order valence-electron chi connectivity index (χ3n) is 4.15. The molecule has 0 radical (unpaired) electrons. The summed E-state index contributed by atoms with van der Waals surface area (Å²) in [6.07, 6.45) is 1.18. The van der Waals surface area contributed by atoms with Gasteiger partial charge in [-0.3, -0.25) is 4.90 Å². The average Bonchev–Trinajstić information content (AvgIpc) is 2.53. The molecule has 104 valence electrons. The van der Waals surface area contributed by atoms with Crippen LogP contribution in [-0.4, -0.2) is 23.3 Å². The van der Waals surface area contributed by atoms with Crippen molar-refractivity contribution in [3.63, 3.8) is 0 Å². The van der Waals surface area contributed by atoms with Crippen molar-refractivity contribution in [3.8, 4) is 0 Å². The SMILES string of the molecule is BrCC(CN1CCc2ccccc2C1)c1ccccc1. The molecule has 0 N–H and O–H groups in total. The van der Waals surface area contributed by atoms with Crippen molar-refractivity contribution >= 4 is 15.9 Å². The van der Waals surface area contributed by atoms with Gasteiger partial charge in [-0.25, -0.2) is 0 Å². The lowest BCUT2D eigenvalue weighted by Gasteiger charge is -2.31. The number of alkyl halides is 1. The Morgan fingerprint density at radius 2 is 1.65 bits per heavy atom. The molecule has 1 heterocycles. The van der Waals surface area contributed by atoms with Crippen molar-refractivity contribution in [2.75, 3.05) is 18.4 Å². The molecule has 20 heavy (non-hydrogen) atoms. The third kappa shape index (κ3) is 3.13. The van der Waals surface area contributed by atoms with Crippen LogP contribution in [-0.2, 0) is 13.0 Å². The summed E-state index contributed by atoms with van der Waals surface area (Å²) in [4.78, 5) is 2.58. The van der Waals surface area contributed by atoms with Crippen molar-refractivity contribution in [2.45, 2.75) is 18.9 Å². The number of rotatable bonds is 4. The average molecular weight is 330 g/mol. The minimum absolute atomic E-state index is 0.571. The molecule has 1 nitrogen and oxygen atoms in total. The Kier molecular flexibility index (Phi) is 4.54. The maximum Gasteiger partial charge on any atom is 0.0236 e. The molecule has 0 aromatic heterocycles. The maximum absolute atomic E-state index is 3.68. The number of hydrogen-bond acceptors (Lipinski definition) is 1. The fourth-order valence-electron chi connectivity index (χ4n) is 2.99. The molecule has 1 aliphatic rings. The van der Waals surface area contributed by atoms with E-state index in [1.807, 2.05) is 0 Å². The van der Waals surface area contributed by atoms with Gasteiger partial charge < -0.3 is 0 Å². The topological polar surface area (TPSA) is 3.24 Å². The van der Waals surface area contributed by atoms with E-state index in [4.69, 9.17) is 0 Å². The predicted molar refractivity (Wildman–Crippen MR) is 88.4 cm³/mol. The summed E-state index contributed by atoms with van der Waals surface area (Å²) in [5.74, 6) is 0.571. The van der Waals surface area contributed by atoms with Crippen LogP contribution in [0.25, 0.3) is 0 Å². The monoisotopic (exact) mass is 329 g/mol. The van der Waals surface area contributed by atoms with Gasteiger partial charge in [0.15, 0.2) is 0 Å². The van der Waals surface area contributed by atoms with Gasteiger partial charge in [-0.15, -0.1) is 0 Å². The second-order valence-electron chi connectivity index (χ2n) is 5.52. The molecule has 1 atom stereocenters. The van der Waals surface area contributed by atoms with Crippen LogP contribution in [0.1, 0.15) is 22.6 Å². The molecule has 0 saturated heterocycles. The van der Waals surface area contributed by atoms with Gasteiger partial charge in [0.1, 0.15) is 0 Å². The van der Waals surface area contributed by atoms with E-state index < -0.39 is 0 Å². The number of fused-ring (bicyclic) bond motifs is 1. The minimum atomic E-state index is 0.571. The van der Waals surface area contributed by atoms with E-state index in [0.717, 1.165) is 18.4 Å². The Morgan fingerprint density at radius 1 is 0.950 bits per heavy atom. The molecular formula is C18H20BrN. The van der Waals surface area contributed by atoms with Gasteiger partial charge in [0.2, 0.25) is 0 Å². The van der Waals surface area contributed by atoms with Crippen LogP contribution in [0.2, 0.25) is 0 Å². The van der Waals surface area contributed by atoms with E-state index in [2.05, 4.69) is 75.4 Å². The van der Waals surface area contributed by atoms with Gasteiger partial charge in [0.05, 0.1) is 0 Å². The first kappa shape index (κ1) is 13.8. The molecule has 1 aliphatic heterocycles. The second kappa shape index (κ2) is 6.55. The minimum Gasteiger partial charge on any atom is -0.298 e. The van der Waals surface area contributed by atoms with Crippen molar-refractivity contribution in [2.24, 2.45) is 0 Å². The molecular weight excluding hydrogens is 310 g/mol. The van der Waals surface area contributed by atoms with Gasteiger partial charge >= 0.3 is 0 Å². The lowest BCUT2D eigenvalue weighted by atomic mass is 9.96. The summed E-state index contributed by atoms with van der Waals surface area (Å²) < 4.78 is 0. The predicted octanol–water partition coefficient (Wildman–Crippen LogP) is 4.22. The molecule has 2 heteroatoms. The molecule has 0 aliphatic carbocycles. The molecule has 0 fully saturated rings. The Balaban J connectivity index is 1.69.